The highest BCUT2D eigenvalue weighted by Gasteiger charge is 2.23. The van der Waals surface area contributed by atoms with Gasteiger partial charge in [-0.2, -0.15) is 0 Å². The molecule has 0 aliphatic rings. The first-order valence-electron chi connectivity index (χ1n) is 8.18. The molecular weight excluding hydrogens is 310 g/mol. The number of benzene rings is 2. The topological polar surface area (TPSA) is 49.0 Å². The third kappa shape index (κ3) is 2.90. The Morgan fingerprint density at radius 2 is 1.64 bits per heavy atom. The van der Waals surface area contributed by atoms with Crippen LogP contribution in [-0.2, 0) is 0 Å². The SMILES string of the molecule is Cc1cc[n+]2c(NC(=O)c3ccccc3)c(-c3ccccc3)[nH]c2c1. The van der Waals surface area contributed by atoms with Crippen molar-refractivity contribution in [3.05, 3.63) is 90.1 Å². The average molecular weight is 328 g/mol. The summed E-state index contributed by atoms with van der Waals surface area (Å²) in [4.78, 5) is 16.1. The lowest BCUT2D eigenvalue weighted by Crippen LogP contribution is -2.27. The lowest BCUT2D eigenvalue weighted by atomic mass is 10.1. The highest BCUT2D eigenvalue weighted by molar-refractivity contribution is 6.04. The van der Waals surface area contributed by atoms with Crippen LogP contribution in [0.3, 0.4) is 0 Å². The van der Waals surface area contributed by atoms with Gasteiger partial charge in [-0.3, -0.25) is 9.78 Å². The van der Waals surface area contributed by atoms with E-state index in [1.165, 1.54) is 0 Å². The Balaban J connectivity index is 1.85. The maximum atomic E-state index is 12.7. The van der Waals surface area contributed by atoms with E-state index in [0.717, 1.165) is 28.3 Å². The second kappa shape index (κ2) is 6.24. The van der Waals surface area contributed by atoms with E-state index in [4.69, 9.17) is 0 Å². The third-order valence-electron chi connectivity index (χ3n) is 4.17. The van der Waals surface area contributed by atoms with E-state index < -0.39 is 0 Å². The molecule has 4 heteroatoms. The van der Waals surface area contributed by atoms with Crippen molar-refractivity contribution in [1.29, 1.82) is 0 Å². The van der Waals surface area contributed by atoms with Gasteiger partial charge in [0.05, 0.1) is 11.8 Å². The number of pyridine rings is 1. The van der Waals surface area contributed by atoms with Gasteiger partial charge in [0, 0.05) is 11.6 Å². The summed E-state index contributed by atoms with van der Waals surface area (Å²) >= 11 is 0. The molecule has 25 heavy (non-hydrogen) atoms. The molecule has 0 saturated heterocycles. The van der Waals surface area contributed by atoms with Gasteiger partial charge in [0.1, 0.15) is 0 Å². The lowest BCUT2D eigenvalue weighted by Gasteiger charge is -2.02. The van der Waals surface area contributed by atoms with Gasteiger partial charge in [-0.15, -0.1) is 0 Å². The minimum Gasteiger partial charge on any atom is -0.267 e. The molecule has 1 amide bonds. The Hall–Kier alpha value is -3.40. The van der Waals surface area contributed by atoms with E-state index in [1.807, 2.05) is 72.1 Å². The van der Waals surface area contributed by atoms with Gasteiger partial charge in [-0.05, 0) is 30.7 Å². The van der Waals surface area contributed by atoms with Crippen molar-refractivity contribution in [2.75, 3.05) is 5.32 Å². The standard InChI is InChI=1S/C21H17N3O/c1-15-12-13-24-18(14-15)22-19(16-8-4-2-5-9-16)20(24)23-21(25)17-10-6-3-7-11-17/h2-14H,1H3,(H,23,25)/p+1. The van der Waals surface area contributed by atoms with E-state index in [2.05, 4.69) is 16.4 Å². The molecule has 0 unspecified atom stereocenters. The number of aryl methyl sites for hydroxylation is 1. The largest absolute Gasteiger partial charge is 0.311 e. The number of anilines is 1. The van der Waals surface area contributed by atoms with Crippen molar-refractivity contribution in [1.82, 2.24) is 4.98 Å². The van der Waals surface area contributed by atoms with Gasteiger partial charge >= 0.3 is 5.91 Å². The molecule has 4 rings (SSSR count). The average Bonchev–Trinajstić information content (AvgIpc) is 3.00. The predicted molar refractivity (Wildman–Crippen MR) is 98.5 cm³/mol. The molecule has 2 aromatic heterocycles. The molecule has 0 bridgehead atoms. The number of nitrogens with zero attached hydrogens (tertiary/aromatic N) is 1. The zero-order valence-electron chi connectivity index (χ0n) is 13.9. The van der Waals surface area contributed by atoms with Gasteiger partial charge in [-0.1, -0.05) is 48.5 Å². The molecular formula is C21H18N3O+. The van der Waals surface area contributed by atoms with Crippen LogP contribution in [-0.4, -0.2) is 10.9 Å². The quantitative estimate of drug-likeness (QED) is 0.549. The second-order valence-electron chi connectivity index (χ2n) is 5.99. The van der Waals surface area contributed by atoms with Crippen molar-refractivity contribution in [2.45, 2.75) is 6.92 Å². The molecule has 0 aliphatic carbocycles. The number of rotatable bonds is 3. The van der Waals surface area contributed by atoms with Crippen molar-refractivity contribution in [2.24, 2.45) is 0 Å². The highest BCUT2D eigenvalue weighted by atomic mass is 16.1. The van der Waals surface area contributed by atoms with Crippen LogP contribution in [0.4, 0.5) is 5.82 Å². The van der Waals surface area contributed by atoms with Crippen LogP contribution in [0.2, 0.25) is 0 Å². The first-order valence-corrected chi connectivity index (χ1v) is 8.18. The molecule has 4 nitrogen and oxygen atoms in total. The van der Waals surface area contributed by atoms with Gasteiger partial charge in [-0.25, -0.2) is 9.72 Å². The number of imidazole rings is 1. The fourth-order valence-electron chi connectivity index (χ4n) is 2.91. The zero-order valence-corrected chi connectivity index (χ0v) is 13.9. The molecule has 0 fully saturated rings. The third-order valence-corrected chi connectivity index (χ3v) is 4.17. The van der Waals surface area contributed by atoms with Crippen LogP contribution in [0, 0.1) is 6.92 Å². The Morgan fingerprint density at radius 1 is 0.960 bits per heavy atom. The lowest BCUT2D eigenvalue weighted by molar-refractivity contribution is -0.493. The van der Waals surface area contributed by atoms with Crippen LogP contribution in [0.5, 0.6) is 0 Å². The maximum absolute atomic E-state index is 12.7. The minimum absolute atomic E-state index is 0.133. The van der Waals surface area contributed by atoms with Crippen LogP contribution < -0.4 is 9.72 Å². The monoisotopic (exact) mass is 328 g/mol. The van der Waals surface area contributed by atoms with Gasteiger partial charge in [0.15, 0.2) is 5.69 Å². The fourth-order valence-corrected chi connectivity index (χ4v) is 2.91. The Morgan fingerprint density at radius 3 is 2.36 bits per heavy atom. The molecule has 0 saturated carbocycles. The van der Waals surface area contributed by atoms with E-state index in [0.29, 0.717) is 5.56 Å². The summed E-state index contributed by atoms with van der Waals surface area (Å²) in [6, 6.07) is 23.3. The predicted octanol–water partition coefficient (Wildman–Crippen LogP) is 3.98. The van der Waals surface area contributed by atoms with Crippen LogP contribution in [0.15, 0.2) is 79.0 Å². The van der Waals surface area contributed by atoms with E-state index >= 15 is 0 Å². The van der Waals surface area contributed by atoms with Crippen LogP contribution in [0.1, 0.15) is 15.9 Å². The number of fused-ring (bicyclic) bond motifs is 1. The Kier molecular flexibility index (Phi) is 3.78. The molecule has 0 aliphatic heterocycles. The maximum Gasteiger partial charge on any atom is 0.311 e. The molecule has 2 aromatic carbocycles. The Bertz CT molecular complexity index is 1040. The number of amides is 1. The summed E-state index contributed by atoms with van der Waals surface area (Å²) in [7, 11) is 0. The summed E-state index contributed by atoms with van der Waals surface area (Å²) in [6.07, 6.45) is 1.97. The van der Waals surface area contributed by atoms with Crippen LogP contribution >= 0.6 is 0 Å². The molecule has 0 atom stereocenters. The zero-order chi connectivity index (χ0) is 17.2. The summed E-state index contributed by atoms with van der Waals surface area (Å²) in [6.45, 7) is 2.05. The molecule has 4 aromatic rings. The number of carbonyl (C=O) groups excluding carboxylic acids is 1. The summed E-state index contributed by atoms with van der Waals surface area (Å²) in [5.41, 5.74) is 4.62. The smallest absolute Gasteiger partial charge is 0.267 e. The minimum atomic E-state index is -0.133. The normalized spacial score (nSPS) is 10.8. The molecule has 0 radical (unpaired) electrons. The molecule has 2 heterocycles. The van der Waals surface area contributed by atoms with E-state index in [-0.39, 0.29) is 5.91 Å². The molecule has 0 spiro atoms. The number of aromatic amines is 1. The van der Waals surface area contributed by atoms with E-state index in [1.54, 1.807) is 12.1 Å². The van der Waals surface area contributed by atoms with Crippen molar-refractivity contribution < 1.29 is 9.20 Å². The first kappa shape index (κ1) is 15.1. The van der Waals surface area contributed by atoms with Crippen molar-refractivity contribution in [3.63, 3.8) is 0 Å². The van der Waals surface area contributed by atoms with Crippen molar-refractivity contribution in [3.8, 4) is 11.3 Å². The molecule has 122 valence electrons. The number of hydrogen-bond acceptors (Lipinski definition) is 1. The van der Waals surface area contributed by atoms with Crippen LogP contribution in [0.25, 0.3) is 16.9 Å². The van der Waals surface area contributed by atoms with Crippen molar-refractivity contribution >= 4 is 17.4 Å². The summed E-state index contributed by atoms with van der Waals surface area (Å²) in [5, 5.41) is 3.06. The highest BCUT2D eigenvalue weighted by Crippen LogP contribution is 2.25. The number of aromatic nitrogens is 2. The number of nitrogens with one attached hydrogen (secondary N) is 2. The first-order chi connectivity index (χ1) is 12.2. The number of carbonyl (C=O) groups is 1. The summed E-state index contributed by atoms with van der Waals surface area (Å²) < 4.78 is 1.97. The van der Waals surface area contributed by atoms with Gasteiger partial charge < -0.3 is 0 Å². The van der Waals surface area contributed by atoms with Gasteiger partial charge in [0.2, 0.25) is 5.65 Å². The second-order valence-corrected chi connectivity index (χ2v) is 5.99. The number of H-pyrrole nitrogens is 1. The summed E-state index contributed by atoms with van der Waals surface area (Å²) in [5.74, 6) is 0.599. The molecule has 2 N–H and O–H groups in total. The number of hydrogen-bond donors (Lipinski definition) is 2. The van der Waals surface area contributed by atoms with Gasteiger partial charge in [0.25, 0.3) is 5.82 Å². The van der Waals surface area contributed by atoms with E-state index in [9.17, 15) is 4.79 Å². The Labute approximate surface area is 145 Å². The fraction of sp³-hybridized carbons (Fsp3) is 0.0476.